The first-order valence-electron chi connectivity index (χ1n) is 6.49. The van der Waals surface area contributed by atoms with Crippen molar-refractivity contribution < 1.29 is 0 Å². The number of halogens is 3. The molecular formula is C15H17BrCl2N2. The van der Waals surface area contributed by atoms with Crippen LogP contribution in [0, 0.1) is 12.8 Å². The lowest BCUT2D eigenvalue weighted by Gasteiger charge is -2.14. The van der Waals surface area contributed by atoms with Crippen LogP contribution in [0.1, 0.15) is 17.0 Å². The highest BCUT2D eigenvalue weighted by molar-refractivity contribution is 9.10. The molecule has 5 heteroatoms. The van der Waals surface area contributed by atoms with Gasteiger partial charge < -0.3 is 0 Å². The van der Waals surface area contributed by atoms with Crippen LogP contribution in [0.5, 0.6) is 0 Å². The van der Waals surface area contributed by atoms with E-state index in [2.05, 4.69) is 33.2 Å². The summed E-state index contributed by atoms with van der Waals surface area (Å²) in [6.45, 7) is 1.93. The molecule has 0 spiro atoms. The zero-order valence-electron chi connectivity index (χ0n) is 11.5. The molecule has 108 valence electrons. The highest BCUT2D eigenvalue weighted by atomic mass is 79.9. The van der Waals surface area contributed by atoms with Crippen LogP contribution in [0.15, 0.2) is 28.7 Å². The third-order valence-corrected chi connectivity index (χ3v) is 4.80. The molecule has 1 aromatic heterocycles. The van der Waals surface area contributed by atoms with Crippen molar-refractivity contribution in [2.75, 3.05) is 5.88 Å². The second-order valence-electron chi connectivity index (χ2n) is 5.03. The molecule has 0 bridgehead atoms. The lowest BCUT2D eigenvalue weighted by atomic mass is 9.96. The van der Waals surface area contributed by atoms with Crippen molar-refractivity contribution in [1.29, 1.82) is 0 Å². The molecule has 2 aromatic rings. The second-order valence-corrected chi connectivity index (χ2v) is 6.63. The predicted octanol–water partition coefficient (Wildman–Crippen LogP) is 4.78. The topological polar surface area (TPSA) is 17.8 Å². The van der Waals surface area contributed by atoms with E-state index in [9.17, 15) is 0 Å². The first-order chi connectivity index (χ1) is 9.51. The summed E-state index contributed by atoms with van der Waals surface area (Å²) in [6.07, 6.45) is 1.77. The molecule has 0 amide bonds. The van der Waals surface area contributed by atoms with Gasteiger partial charge in [-0.25, -0.2) is 0 Å². The van der Waals surface area contributed by atoms with Crippen LogP contribution in [-0.2, 0) is 19.9 Å². The number of hydrogen-bond donors (Lipinski definition) is 0. The van der Waals surface area contributed by atoms with Crippen LogP contribution in [-0.4, -0.2) is 15.7 Å². The summed E-state index contributed by atoms with van der Waals surface area (Å²) in [5.41, 5.74) is 3.21. The fourth-order valence-corrected chi connectivity index (χ4v) is 3.26. The van der Waals surface area contributed by atoms with Gasteiger partial charge in [0.05, 0.1) is 16.4 Å². The highest BCUT2D eigenvalue weighted by Gasteiger charge is 2.17. The van der Waals surface area contributed by atoms with Crippen molar-refractivity contribution in [2.24, 2.45) is 13.0 Å². The van der Waals surface area contributed by atoms with Crippen LogP contribution in [0.2, 0.25) is 5.02 Å². The molecule has 0 N–H and O–H groups in total. The molecule has 0 saturated heterocycles. The molecule has 1 heterocycles. The van der Waals surface area contributed by atoms with E-state index in [-0.39, 0.29) is 0 Å². The van der Waals surface area contributed by atoms with Gasteiger partial charge in [0.2, 0.25) is 0 Å². The largest absolute Gasteiger partial charge is 0.271 e. The molecule has 20 heavy (non-hydrogen) atoms. The molecule has 0 aliphatic heterocycles. The fourth-order valence-electron chi connectivity index (χ4n) is 2.35. The van der Waals surface area contributed by atoms with Crippen molar-refractivity contribution in [1.82, 2.24) is 9.78 Å². The number of aromatic nitrogens is 2. The van der Waals surface area contributed by atoms with Gasteiger partial charge in [-0.1, -0.05) is 39.7 Å². The average molecular weight is 376 g/mol. The minimum absolute atomic E-state index is 0.346. The van der Waals surface area contributed by atoms with E-state index in [4.69, 9.17) is 23.2 Å². The molecule has 0 aliphatic carbocycles. The molecule has 1 atom stereocenters. The van der Waals surface area contributed by atoms with Crippen molar-refractivity contribution >= 4 is 39.1 Å². The summed E-state index contributed by atoms with van der Waals surface area (Å²) in [7, 11) is 1.93. The first kappa shape index (κ1) is 15.9. The Balaban J connectivity index is 2.13. The lowest BCUT2D eigenvalue weighted by molar-refractivity contribution is 0.551. The molecule has 0 saturated carbocycles. The van der Waals surface area contributed by atoms with Gasteiger partial charge >= 0.3 is 0 Å². The van der Waals surface area contributed by atoms with E-state index in [1.165, 1.54) is 5.56 Å². The number of rotatable bonds is 5. The number of nitrogens with zero attached hydrogens (tertiary/aromatic N) is 2. The quantitative estimate of drug-likeness (QED) is 0.687. The highest BCUT2D eigenvalue weighted by Crippen LogP contribution is 2.25. The number of hydrogen-bond acceptors (Lipinski definition) is 1. The Bertz CT molecular complexity index is 596. The van der Waals surface area contributed by atoms with E-state index < -0.39 is 0 Å². The van der Waals surface area contributed by atoms with Crippen LogP contribution in [0.4, 0.5) is 0 Å². The summed E-state index contributed by atoms with van der Waals surface area (Å²) in [6, 6.07) is 8.34. The summed E-state index contributed by atoms with van der Waals surface area (Å²) < 4.78 is 2.95. The van der Waals surface area contributed by atoms with Gasteiger partial charge in [-0.2, -0.15) is 5.10 Å². The third kappa shape index (κ3) is 3.78. The van der Waals surface area contributed by atoms with Gasteiger partial charge in [0.1, 0.15) is 0 Å². The average Bonchev–Trinajstić information content (AvgIpc) is 2.64. The standard InChI is InChI=1S/C15H17BrCl2N2/c1-10-15(18)14(20(2)19-10)8-12(9-17)6-11-4-3-5-13(16)7-11/h3-5,7,12H,6,8-9H2,1-2H3. The Morgan fingerprint density at radius 1 is 1.35 bits per heavy atom. The summed E-state index contributed by atoms with van der Waals surface area (Å²) in [4.78, 5) is 0. The third-order valence-electron chi connectivity index (χ3n) is 3.38. The molecule has 0 aliphatic rings. The Morgan fingerprint density at radius 3 is 2.65 bits per heavy atom. The Morgan fingerprint density at radius 2 is 2.10 bits per heavy atom. The maximum atomic E-state index is 6.31. The Labute approximate surface area is 138 Å². The molecule has 2 nitrogen and oxygen atoms in total. The molecule has 1 aromatic carbocycles. The van der Waals surface area contributed by atoms with E-state index in [0.29, 0.717) is 11.8 Å². The van der Waals surface area contributed by atoms with E-state index >= 15 is 0 Å². The Kier molecular flexibility index (Phi) is 5.53. The monoisotopic (exact) mass is 374 g/mol. The van der Waals surface area contributed by atoms with Gasteiger partial charge in [0.15, 0.2) is 0 Å². The van der Waals surface area contributed by atoms with Gasteiger partial charge in [-0.05, 0) is 43.4 Å². The van der Waals surface area contributed by atoms with Gasteiger partial charge in [0, 0.05) is 17.4 Å². The molecule has 0 radical (unpaired) electrons. The SMILES string of the molecule is Cc1nn(C)c(CC(CCl)Cc2cccc(Br)c2)c1Cl. The summed E-state index contributed by atoms with van der Waals surface area (Å²) in [5.74, 6) is 0.950. The van der Waals surface area contributed by atoms with E-state index in [0.717, 1.165) is 33.7 Å². The number of benzene rings is 1. The smallest absolute Gasteiger partial charge is 0.0847 e. The van der Waals surface area contributed by atoms with Gasteiger partial charge in [0.25, 0.3) is 0 Å². The van der Waals surface area contributed by atoms with E-state index in [1.807, 2.05) is 30.8 Å². The summed E-state index contributed by atoms with van der Waals surface area (Å²) >= 11 is 15.9. The van der Waals surface area contributed by atoms with E-state index in [1.54, 1.807) is 0 Å². The van der Waals surface area contributed by atoms with Crippen molar-refractivity contribution in [3.63, 3.8) is 0 Å². The maximum absolute atomic E-state index is 6.31. The minimum atomic E-state index is 0.346. The number of alkyl halides is 1. The first-order valence-corrected chi connectivity index (χ1v) is 8.20. The summed E-state index contributed by atoms with van der Waals surface area (Å²) in [5, 5.41) is 5.11. The lowest BCUT2D eigenvalue weighted by Crippen LogP contribution is -2.13. The van der Waals surface area contributed by atoms with Crippen molar-refractivity contribution in [3.8, 4) is 0 Å². The van der Waals surface area contributed by atoms with Gasteiger partial charge in [-0.15, -0.1) is 11.6 Å². The fraction of sp³-hybridized carbons (Fsp3) is 0.400. The van der Waals surface area contributed by atoms with Crippen molar-refractivity contribution in [2.45, 2.75) is 19.8 Å². The maximum Gasteiger partial charge on any atom is 0.0847 e. The molecule has 1 unspecified atom stereocenters. The zero-order valence-corrected chi connectivity index (χ0v) is 14.6. The van der Waals surface area contributed by atoms with Crippen LogP contribution >= 0.6 is 39.1 Å². The zero-order chi connectivity index (χ0) is 14.7. The molecule has 0 fully saturated rings. The second kappa shape index (κ2) is 6.97. The van der Waals surface area contributed by atoms with Crippen LogP contribution in [0.3, 0.4) is 0 Å². The molecular weight excluding hydrogens is 359 g/mol. The normalized spacial score (nSPS) is 12.7. The van der Waals surface area contributed by atoms with Crippen LogP contribution in [0.25, 0.3) is 0 Å². The predicted molar refractivity (Wildman–Crippen MR) is 88.7 cm³/mol. The number of aryl methyl sites for hydroxylation is 2. The Hall–Kier alpha value is -0.510. The van der Waals surface area contributed by atoms with Crippen molar-refractivity contribution in [3.05, 3.63) is 50.7 Å². The minimum Gasteiger partial charge on any atom is -0.271 e. The van der Waals surface area contributed by atoms with Crippen LogP contribution < -0.4 is 0 Å². The van der Waals surface area contributed by atoms with Gasteiger partial charge in [-0.3, -0.25) is 4.68 Å². The molecule has 2 rings (SSSR count).